The average molecular weight is 289 g/mol. The van der Waals surface area contributed by atoms with Crippen LogP contribution in [0, 0.1) is 0 Å². The van der Waals surface area contributed by atoms with Crippen molar-refractivity contribution in [3.8, 4) is 5.75 Å². The molecule has 4 rings (SSSR count). The first-order valence-electron chi connectivity index (χ1n) is 6.96. The van der Waals surface area contributed by atoms with Crippen LogP contribution in [0.5, 0.6) is 5.75 Å². The first-order valence-corrected chi connectivity index (χ1v) is 6.96. The Bertz CT molecular complexity index is 679. The predicted molar refractivity (Wildman–Crippen MR) is 72.1 cm³/mol. The fourth-order valence-electron chi connectivity index (χ4n) is 3.10. The highest BCUT2D eigenvalue weighted by atomic mass is 16.7. The predicted octanol–water partition coefficient (Wildman–Crippen LogP) is 2.19. The third-order valence-electron chi connectivity index (χ3n) is 4.40. The maximum Gasteiger partial charge on any atom is 0.340 e. The van der Waals surface area contributed by atoms with Gasteiger partial charge < -0.3 is 19.7 Å². The minimum atomic E-state index is -1.17. The van der Waals surface area contributed by atoms with Crippen molar-refractivity contribution < 1.29 is 24.5 Å². The number of carboxylic acids is 1. The van der Waals surface area contributed by atoms with Crippen molar-refractivity contribution in [3.63, 3.8) is 0 Å². The molecule has 3 aliphatic rings. The Morgan fingerprint density at radius 3 is 2.90 bits per heavy atom. The molecule has 2 heterocycles. The fourth-order valence-corrected chi connectivity index (χ4v) is 3.10. The van der Waals surface area contributed by atoms with Crippen LogP contribution in [0.4, 0.5) is 0 Å². The van der Waals surface area contributed by atoms with Crippen molar-refractivity contribution in [2.24, 2.45) is 0 Å². The smallest absolute Gasteiger partial charge is 0.340 e. The highest BCUT2D eigenvalue weighted by Gasteiger charge is 2.47. The molecule has 1 saturated heterocycles. The van der Waals surface area contributed by atoms with Crippen molar-refractivity contribution in [2.75, 3.05) is 6.79 Å². The molecule has 1 aromatic heterocycles. The second-order valence-electron chi connectivity index (χ2n) is 5.93. The molecule has 1 aromatic rings. The summed E-state index contributed by atoms with van der Waals surface area (Å²) in [5, 5.41) is 19.9. The molecular formula is C15H15NO5. The van der Waals surface area contributed by atoms with E-state index in [4.69, 9.17) is 9.47 Å². The molecule has 110 valence electrons. The van der Waals surface area contributed by atoms with Crippen LogP contribution in [0.2, 0.25) is 0 Å². The van der Waals surface area contributed by atoms with E-state index in [0.717, 1.165) is 12.8 Å². The summed E-state index contributed by atoms with van der Waals surface area (Å²) in [4.78, 5) is 16.1. The van der Waals surface area contributed by atoms with Crippen LogP contribution in [-0.4, -0.2) is 33.6 Å². The lowest BCUT2D eigenvalue weighted by Gasteiger charge is -2.31. The minimum absolute atomic E-state index is 0.0924. The zero-order valence-corrected chi connectivity index (χ0v) is 11.5. The molecule has 2 fully saturated rings. The largest absolute Gasteiger partial charge is 0.505 e. The molecule has 2 N–H and O–H groups in total. The highest BCUT2D eigenvalue weighted by Crippen LogP contribution is 2.50. The molecule has 0 radical (unpaired) electrons. The summed E-state index contributed by atoms with van der Waals surface area (Å²) in [6, 6.07) is 0. The summed E-state index contributed by atoms with van der Waals surface area (Å²) in [5.41, 5.74) is 0.630. The van der Waals surface area contributed by atoms with Gasteiger partial charge in [0.25, 0.3) is 0 Å². The highest BCUT2D eigenvalue weighted by molar-refractivity contribution is 5.94. The van der Waals surface area contributed by atoms with E-state index in [2.05, 4.69) is 4.98 Å². The number of ether oxygens (including phenoxy) is 2. The Kier molecular flexibility index (Phi) is 2.47. The monoisotopic (exact) mass is 289 g/mol. The van der Waals surface area contributed by atoms with Gasteiger partial charge in [0.05, 0.1) is 11.4 Å². The van der Waals surface area contributed by atoms with Gasteiger partial charge in [-0.1, -0.05) is 0 Å². The molecule has 6 heteroatoms. The van der Waals surface area contributed by atoms with Crippen molar-refractivity contribution >= 4 is 12.0 Å². The molecule has 21 heavy (non-hydrogen) atoms. The molecule has 1 saturated carbocycles. The van der Waals surface area contributed by atoms with Gasteiger partial charge in [-0.25, -0.2) is 9.78 Å². The number of nitrogens with zero attached hydrogens (tertiary/aromatic N) is 1. The molecule has 0 aromatic carbocycles. The quantitative estimate of drug-likeness (QED) is 0.867. The van der Waals surface area contributed by atoms with Gasteiger partial charge in [-0.2, -0.15) is 0 Å². The van der Waals surface area contributed by atoms with E-state index >= 15 is 0 Å². The maximum absolute atomic E-state index is 11.7. The molecule has 1 aliphatic heterocycles. The topological polar surface area (TPSA) is 88.9 Å². The molecule has 2 atom stereocenters. The first kappa shape index (κ1) is 12.8. The second kappa shape index (κ2) is 4.05. The number of fused-ring (bicyclic) bond motifs is 3. The lowest BCUT2D eigenvalue weighted by Crippen LogP contribution is -2.32. The number of carbonyl (C=O) groups is 1. The summed E-state index contributed by atoms with van der Waals surface area (Å²) in [5.74, 6) is -1.23. The zero-order chi connectivity index (χ0) is 14.8. The van der Waals surface area contributed by atoms with E-state index in [1.165, 1.54) is 0 Å². The third-order valence-corrected chi connectivity index (χ3v) is 4.40. The van der Waals surface area contributed by atoms with E-state index < -0.39 is 17.7 Å². The van der Waals surface area contributed by atoms with Crippen LogP contribution in [-0.2, 0) is 9.47 Å². The number of pyridine rings is 1. The van der Waals surface area contributed by atoms with Gasteiger partial charge in [0, 0.05) is 11.5 Å². The SMILES string of the molecule is CC12C=Cc3nc(C4CC4)c(O)c(C(=O)O)c3C1OCO2. The normalized spacial score (nSPS) is 30.0. The van der Waals surface area contributed by atoms with Crippen molar-refractivity contribution in [3.05, 3.63) is 28.6 Å². The van der Waals surface area contributed by atoms with Crippen LogP contribution >= 0.6 is 0 Å². The number of hydrogen-bond donors (Lipinski definition) is 2. The molecule has 2 unspecified atom stereocenters. The van der Waals surface area contributed by atoms with Crippen molar-refractivity contribution in [2.45, 2.75) is 37.4 Å². The third kappa shape index (κ3) is 1.72. The fraction of sp³-hybridized carbons (Fsp3) is 0.467. The Morgan fingerprint density at radius 1 is 1.48 bits per heavy atom. The number of aromatic carboxylic acids is 1. The van der Waals surface area contributed by atoms with Gasteiger partial charge in [0.15, 0.2) is 5.75 Å². The van der Waals surface area contributed by atoms with Gasteiger partial charge in [-0.15, -0.1) is 0 Å². The Hall–Kier alpha value is -1.92. The van der Waals surface area contributed by atoms with Gasteiger partial charge >= 0.3 is 5.97 Å². The Balaban J connectivity index is 1.99. The molecule has 2 aliphatic carbocycles. The van der Waals surface area contributed by atoms with Crippen LogP contribution in [0.3, 0.4) is 0 Å². The van der Waals surface area contributed by atoms with E-state index in [-0.39, 0.29) is 24.0 Å². The average Bonchev–Trinajstić information content (AvgIpc) is 3.19. The summed E-state index contributed by atoms with van der Waals surface area (Å²) >= 11 is 0. The molecule has 0 amide bonds. The van der Waals surface area contributed by atoms with Crippen molar-refractivity contribution in [1.82, 2.24) is 4.98 Å². The maximum atomic E-state index is 11.7. The Morgan fingerprint density at radius 2 is 2.24 bits per heavy atom. The van der Waals surface area contributed by atoms with E-state index in [9.17, 15) is 15.0 Å². The van der Waals surface area contributed by atoms with Crippen LogP contribution in [0.15, 0.2) is 6.08 Å². The van der Waals surface area contributed by atoms with Gasteiger partial charge in [0.1, 0.15) is 24.1 Å². The van der Waals surface area contributed by atoms with Gasteiger partial charge in [-0.3, -0.25) is 0 Å². The summed E-state index contributed by atoms with van der Waals surface area (Å²) in [6.07, 6.45) is 4.92. The number of aromatic nitrogens is 1. The van der Waals surface area contributed by atoms with Crippen LogP contribution in [0.1, 0.15) is 59.1 Å². The lowest BCUT2D eigenvalue weighted by atomic mass is 9.83. The van der Waals surface area contributed by atoms with Gasteiger partial charge in [0.2, 0.25) is 0 Å². The molecule has 0 bridgehead atoms. The number of aromatic hydroxyl groups is 1. The number of hydrogen-bond acceptors (Lipinski definition) is 5. The lowest BCUT2D eigenvalue weighted by molar-refractivity contribution is 0.0250. The van der Waals surface area contributed by atoms with Crippen LogP contribution in [0.25, 0.3) is 6.08 Å². The number of rotatable bonds is 2. The number of carboxylic acid groups (broad SMARTS) is 1. The van der Waals surface area contributed by atoms with Gasteiger partial charge in [-0.05, 0) is 31.9 Å². The first-order chi connectivity index (χ1) is 10.0. The summed E-state index contributed by atoms with van der Waals surface area (Å²) in [7, 11) is 0. The second-order valence-corrected chi connectivity index (χ2v) is 5.93. The van der Waals surface area contributed by atoms with E-state index in [0.29, 0.717) is 17.0 Å². The van der Waals surface area contributed by atoms with Crippen molar-refractivity contribution in [1.29, 1.82) is 0 Å². The zero-order valence-electron chi connectivity index (χ0n) is 11.5. The van der Waals surface area contributed by atoms with E-state index in [1.807, 2.05) is 13.0 Å². The standard InChI is InChI=1S/C15H15NO5/c1-15-5-4-8-9(13(15)20-6-21-15)10(14(18)19)12(17)11(16-8)7-2-3-7/h4-5,7,13,17H,2-3,6H2,1H3,(H,18,19). The van der Waals surface area contributed by atoms with E-state index in [1.54, 1.807) is 6.08 Å². The molecule has 0 spiro atoms. The molecule has 6 nitrogen and oxygen atoms in total. The Labute approximate surface area is 121 Å². The summed E-state index contributed by atoms with van der Waals surface area (Å²) in [6.45, 7) is 1.93. The van der Waals surface area contributed by atoms with Crippen LogP contribution < -0.4 is 0 Å². The molecular weight excluding hydrogens is 274 g/mol. The minimum Gasteiger partial charge on any atom is -0.505 e. The summed E-state index contributed by atoms with van der Waals surface area (Å²) < 4.78 is 11.1.